The maximum absolute atomic E-state index is 13.7. The van der Waals surface area contributed by atoms with Gasteiger partial charge in [0, 0.05) is 6.42 Å². The van der Waals surface area contributed by atoms with Gasteiger partial charge >= 0.3 is 5.97 Å². The van der Waals surface area contributed by atoms with Gasteiger partial charge in [0.25, 0.3) is 0 Å². The maximum Gasteiger partial charge on any atom is 0.328 e. The molecular weight excluding hydrogens is 726 g/mol. The number of aromatic hydroxyl groups is 1. The fourth-order valence-electron chi connectivity index (χ4n) is 4.87. The molecule has 0 saturated carbocycles. The Morgan fingerprint density at radius 3 is 1.89 bits per heavy atom. The first-order chi connectivity index (χ1) is 25.6. The van der Waals surface area contributed by atoms with E-state index in [1.807, 2.05) is 5.32 Å². The van der Waals surface area contributed by atoms with Crippen LogP contribution in [0.15, 0.2) is 54.6 Å². The molecule has 7 atom stereocenters. The van der Waals surface area contributed by atoms with Crippen LogP contribution in [0.25, 0.3) is 0 Å². The van der Waals surface area contributed by atoms with Crippen LogP contribution in [0.5, 0.6) is 5.75 Å². The van der Waals surface area contributed by atoms with Gasteiger partial charge in [0.15, 0.2) is 0 Å². The molecule has 0 radical (unpaired) electrons. The number of carboxylic acids is 1. The van der Waals surface area contributed by atoms with Crippen LogP contribution >= 0.6 is 11.8 Å². The molecule has 2 rings (SSSR count). The summed E-state index contributed by atoms with van der Waals surface area (Å²) in [6.07, 6.45) is 0.436. The van der Waals surface area contributed by atoms with Crippen molar-refractivity contribution in [2.24, 2.45) is 5.73 Å². The van der Waals surface area contributed by atoms with Crippen molar-refractivity contribution in [1.29, 1.82) is 0 Å². The van der Waals surface area contributed by atoms with E-state index in [1.54, 1.807) is 48.7 Å². The molecule has 0 aliphatic heterocycles. The number of aliphatic hydroxyl groups is 2. The highest BCUT2D eigenvalue weighted by Gasteiger charge is 2.33. The monoisotopic (exact) mass is 775 g/mol. The molecule has 0 aliphatic rings. The minimum absolute atomic E-state index is 0.0228. The number of rotatable bonds is 22. The van der Waals surface area contributed by atoms with Crippen LogP contribution in [0.2, 0.25) is 0 Å². The van der Waals surface area contributed by atoms with Crippen molar-refractivity contribution in [1.82, 2.24) is 31.9 Å². The first-order valence-electron chi connectivity index (χ1n) is 16.9. The summed E-state index contributed by atoms with van der Waals surface area (Å²) in [4.78, 5) is 89.4. The highest BCUT2D eigenvalue weighted by atomic mass is 32.2. The smallest absolute Gasteiger partial charge is 0.328 e. The van der Waals surface area contributed by atoms with Gasteiger partial charge in [-0.25, -0.2) is 4.79 Å². The van der Waals surface area contributed by atoms with Crippen LogP contribution in [0.4, 0.5) is 0 Å². The summed E-state index contributed by atoms with van der Waals surface area (Å²) >= 11 is 1.35. The predicted octanol–water partition coefficient (Wildman–Crippen LogP) is -2.72. The van der Waals surface area contributed by atoms with E-state index in [1.165, 1.54) is 37.7 Å². The number of benzene rings is 2. The lowest BCUT2D eigenvalue weighted by atomic mass is 10.0. The van der Waals surface area contributed by atoms with E-state index in [4.69, 9.17) is 10.8 Å². The third-order valence-corrected chi connectivity index (χ3v) is 8.59. The molecule has 0 spiro atoms. The Bertz CT molecular complexity index is 1580. The Labute approximate surface area is 316 Å². The third kappa shape index (κ3) is 15.4. The Morgan fingerprint density at radius 1 is 0.722 bits per heavy atom. The van der Waals surface area contributed by atoms with E-state index in [0.29, 0.717) is 16.9 Å². The second-order valence-electron chi connectivity index (χ2n) is 12.4. The average Bonchev–Trinajstić information content (AvgIpc) is 3.13. The van der Waals surface area contributed by atoms with Crippen molar-refractivity contribution < 1.29 is 54.0 Å². The zero-order valence-corrected chi connectivity index (χ0v) is 30.9. The number of aliphatic hydroxyl groups excluding tert-OH is 2. The zero-order valence-electron chi connectivity index (χ0n) is 30.1. The van der Waals surface area contributed by atoms with E-state index in [9.17, 15) is 48.9 Å². The van der Waals surface area contributed by atoms with Gasteiger partial charge in [-0.2, -0.15) is 11.8 Å². The van der Waals surface area contributed by atoms with Crippen molar-refractivity contribution in [3.63, 3.8) is 0 Å². The molecule has 0 saturated heterocycles. The molecule has 2 aromatic carbocycles. The van der Waals surface area contributed by atoms with E-state index in [2.05, 4.69) is 26.6 Å². The fourth-order valence-corrected chi connectivity index (χ4v) is 5.34. The number of nitrogens with one attached hydrogen (secondary N) is 6. The van der Waals surface area contributed by atoms with E-state index < -0.39 is 96.9 Å². The molecule has 6 amide bonds. The van der Waals surface area contributed by atoms with Gasteiger partial charge in [0.2, 0.25) is 35.4 Å². The first-order valence-corrected chi connectivity index (χ1v) is 18.3. The van der Waals surface area contributed by atoms with Crippen molar-refractivity contribution in [3.8, 4) is 5.75 Å². The van der Waals surface area contributed by atoms with Crippen molar-refractivity contribution in [2.45, 2.75) is 75.5 Å². The number of phenolic OH excluding ortho intramolecular Hbond substituents is 1. The number of thioether (sulfide) groups is 1. The highest BCUT2D eigenvalue weighted by molar-refractivity contribution is 7.98. The van der Waals surface area contributed by atoms with Crippen LogP contribution in [-0.2, 0) is 46.4 Å². The SMILES string of the molecule is CSCC[C@H](NC(=O)[C@H](Cc1ccccc1)NC(=O)CNC(=O)[C@@H](C)NC(=O)[C@@H](N)Cc1ccc(O)cc1)C(=O)N[C@H](C(=O)N[C@@H](CO)C(=O)O)[C@@H](C)O. The van der Waals surface area contributed by atoms with Crippen LogP contribution in [0.3, 0.4) is 0 Å². The number of aliphatic carboxylic acids is 1. The maximum atomic E-state index is 13.7. The molecule has 12 N–H and O–H groups in total. The summed E-state index contributed by atoms with van der Waals surface area (Å²) < 4.78 is 0. The van der Waals surface area contributed by atoms with Crippen molar-refractivity contribution in [2.75, 3.05) is 25.2 Å². The van der Waals surface area contributed by atoms with Crippen LogP contribution < -0.4 is 37.6 Å². The summed E-state index contributed by atoms with van der Waals surface area (Å²) in [5, 5.41) is 52.4. The lowest BCUT2D eigenvalue weighted by Crippen LogP contribution is -2.61. The Kier molecular flexibility index (Phi) is 18.9. The molecule has 0 heterocycles. The normalized spacial score (nSPS) is 14.8. The number of carboxylic acid groups (broad SMARTS) is 1. The number of carbonyl (C=O) groups is 7. The van der Waals surface area contributed by atoms with Crippen molar-refractivity contribution >= 4 is 53.2 Å². The molecule has 0 bridgehead atoms. The van der Waals surface area contributed by atoms with Gasteiger partial charge in [-0.05, 0) is 62.0 Å². The molecular formula is C35H49N7O11S. The zero-order chi connectivity index (χ0) is 40.4. The third-order valence-electron chi connectivity index (χ3n) is 7.94. The summed E-state index contributed by atoms with van der Waals surface area (Å²) in [7, 11) is 0. The molecule has 296 valence electrons. The molecule has 54 heavy (non-hydrogen) atoms. The first kappa shape index (κ1) is 44.9. The van der Waals surface area contributed by atoms with Gasteiger partial charge in [0.1, 0.15) is 36.0 Å². The van der Waals surface area contributed by atoms with Gasteiger partial charge < -0.3 is 58.1 Å². The van der Waals surface area contributed by atoms with Crippen LogP contribution in [-0.4, -0.2) is 129 Å². The van der Waals surface area contributed by atoms with E-state index in [0.717, 1.165) is 0 Å². The standard InChI is InChI=1S/C35H49N7O11S/c1-19(38-31(48)24(36)15-22-9-11-23(45)12-10-22)30(47)37-17-28(46)39-26(16-21-7-5-4-6-8-21)33(50)40-25(13-14-54-3)32(49)42-29(20(2)44)34(51)41-27(18-43)35(52)53/h4-12,19-20,24-27,29,43-45H,13-18,36H2,1-3H3,(H,37,47)(H,38,48)(H,39,46)(H,40,50)(H,41,51)(H,42,49)(H,52,53)/t19-,20-,24+,25+,26+,27+,29+/m1/s1. The highest BCUT2D eigenvalue weighted by Crippen LogP contribution is 2.11. The predicted molar refractivity (Wildman–Crippen MR) is 198 cm³/mol. The number of carbonyl (C=O) groups excluding carboxylic acids is 6. The Morgan fingerprint density at radius 2 is 1.31 bits per heavy atom. The molecule has 0 unspecified atom stereocenters. The van der Waals surface area contributed by atoms with Gasteiger partial charge in [-0.1, -0.05) is 42.5 Å². The van der Waals surface area contributed by atoms with E-state index in [-0.39, 0.29) is 25.0 Å². The molecule has 0 fully saturated rings. The molecule has 2 aromatic rings. The van der Waals surface area contributed by atoms with Crippen LogP contribution in [0.1, 0.15) is 31.4 Å². The quantitative estimate of drug-likeness (QED) is 0.0580. The molecule has 18 nitrogen and oxygen atoms in total. The Balaban J connectivity index is 2.11. The number of nitrogens with two attached hydrogens (primary N) is 1. The number of phenols is 1. The lowest BCUT2D eigenvalue weighted by molar-refractivity contribution is -0.144. The second kappa shape index (κ2) is 22.7. The molecule has 0 aromatic heterocycles. The minimum atomic E-state index is -1.70. The molecule has 0 aliphatic carbocycles. The fraction of sp³-hybridized carbons (Fsp3) is 0.457. The minimum Gasteiger partial charge on any atom is -0.508 e. The average molecular weight is 776 g/mol. The number of amides is 6. The Hall–Kier alpha value is -5.24. The summed E-state index contributed by atoms with van der Waals surface area (Å²) in [6, 6.07) is 6.79. The van der Waals surface area contributed by atoms with E-state index >= 15 is 0 Å². The van der Waals surface area contributed by atoms with Crippen molar-refractivity contribution in [3.05, 3.63) is 65.7 Å². The topological polar surface area (TPSA) is 299 Å². The lowest BCUT2D eigenvalue weighted by Gasteiger charge is -2.27. The van der Waals surface area contributed by atoms with Gasteiger partial charge in [0.05, 0.1) is 25.3 Å². The summed E-state index contributed by atoms with van der Waals surface area (Å²) in [5.74, 6) is -5.97. The van der Waals surface area contributed by atoms with Gasteiger partial charge in [-0.15, -0.1) is 0 Å². The number of hydrogen-bond donors (Lipinski definition) is 11. The summed E-state index contributed by atoms with van der Waals surface area (Å²) in [6.45, 7) is 1.05. The second-order valence-corrected chi connectivity index (χ2v) is 13.4. The molecule has 19 heteroatoms. The largest absolute Gasteiger partial charge is 0.508 e. The summed E-state index contributed by atoms with van der Waals surface area (Å²) in [5.41, 5.74) is 7.31. The van der Waals surface area contributed by atoms with Gasteiger partial charge in [-0.3, -0.25) is 28.8 Å². The van der Waals surface area contributed by atoms with Crippen LogP contribution in [0, 0.1) is 0 Å². The number of hydrogen-bond acceptors (Lipinski definition) is 12.